The lowest BCUT2D eigenvalue weighted by Crippen LogP contribution is -2.44. The fraction of sp³-hybridized carbons (Fsp3) is 0.370. The number of amides is 1. The molecule has 1 atom stereocenters. The first-order valence-corrected chi connectivity index (χ1v) is 12.8. The smallest absolute Gasteiger partial charge is 0.261 e. The van der Waals surface area contributed by atoms with Crippen molar-refractivity contribution in [2.45, 2.75) is 18.9 Å². The molecule has 1 unspecified atom stereocenters. The van der Waals surface area contributed by atoms with Gasteiger partial charge in [-0.3, -0.25) is 9.59 Å². The number of ether oxygens (including phenoxy) is 1. The minimum atomic E-state index is -0.334. The number of nitrogens with one attached hydrogen (secondary N) is 3. The molecule has 0 bridgehead atoms. The molecule has 10 nitrogen and oxygen atoms in total. The van der Waals surface area contributed by atoms with Crippen molar-refractivity contribution in [3.05, 3.63) is 52.3 Å². The number of pyridine rings is 1. The number of H-pyrrole nitrogens is 2. The van der Waals surface area contributed by atoms with Gasteiger partial charge in [-0.2, -0.15) is 0 Å². The monoisotopic (exact) mass is 501 g/mol. The van der Waals surface area contributed by atoms with Crippen LogP contribution in [0.15, 0.2) is 41.2 Å². The Morgan fingerprint density at radius 1 is 1.14 bits per heavy atom. The second kappa shape index (κ2) is 9.53. The number of aromatic amines is 2. The van der Waals surface area contributed by atoms with E-state index in [0.717, 1.165) is 62.3 Å². The number of hydrogen-bond donors (Lipinski definition) is 4. The molecule has 0 spiro atoms. The number of anilines is 2. The van der Waals surface area contributed by atoms with Crippen LogP contribution in [-0.2, 0) is 4.74 Å². The molecule has 192 valence electrons. The van der Waals surface area contributed by atoms with Crippen molar-refractivity contribution in [2.24, 2.45) is 0 Å². The highest BCUT2D eigenvalue weighted by Crippen LogP contribution is 2.30. The van der Waals surface area contributed by atoms with E-state index in [0.29, 0.717) is 28.8 Å². The number of rotatable bonds is 5. The fourth-order valence-corrected chi connectivity index (χ4v) is 5.18. The van der Waals surface area contributed by atoms with Gasteiger partial charge in [0, 0.05) is 56.0 Å². The molecule has 2 saturated heterocycles. The van der Waals surface area contributed by atoms with Gasteiger partial charge in [0.25, 0.3) is 11.5 Å². The van der Waals surface area contributed by atoms with Crippen LogP contribution in [0.1, 0.15) is 23.2 Å². The molecule has 2 aliphatic heterocycles. The Balaban J connectivity index is 1.31. The lowest BCUT2D eigenvalue weighted by molar-refractivity contribution is 0.0858. The van der Waals surface area contributed by atoms with E-state index in [1.807, 2.05) is 12.1 Å². The van der Waals surface area contributed by atoms with Crippen LogP contribution in [0.4, 0.5) is 11.4 Å². The highest BCUT2D eigenvalue weighted by atomic mass is 16.5. The Labute approximate surface area is 213 Å². The summed E-state index contributed by atoms with van der Waals surface area (Å²) in [5, 5.41) is 3.53. The van der Waals surface area contributed by atoms with Crippen LogP contribution in [0.25, 0.3) is 33.3 Å². The topological polar surface area (TPSA) is 132 Å². The van der Waals surface area contributed by atoms with Crippen molar-refractivity contribution < 1.29 is 9.53 Å². The summed E-state index contributed by atoms with van der Waals surface area (Å²) in [6.07, 6.45) is 2.02. The summed E-state index contributed by atoms with van der Waals surface area (Å²) in [6.45, 7) is 5.16. The zero-order valence-corrected chi connectivity index (χ0v) is 20.8. The van der Waals surface area contributed by atoms with Gasteiger partial charge in [-0.15, -0.1) is 0 Å². The molecule has 5 N–H and O–H groups in total. The quantitative estimate of drug-likeness (QED) is 0.330. The summed E-state index contributed by atoms with van der Waals surface area (Å²) in [6, 6.07) is 11.2. The third-order valence-corrected chi connectivity index (χ3v) is 7.40. The number of fused-ring (bicyclic) bond motifs is 2. The number of imidazole rings is 1. The van der Waals surface area contributed by atoms with E-state index in [1.54, 1.807) is 18.2 Å². The van der Waals surface area contributed by atoms with Gasteiger partial charge in [0.05, 0.1) is 28.3 Å². The molecule has 1 amide bonds. The molecule has 2 aromatic heterocycles. The first kappa shape index (κ1) is 23.5. The number of piperazine rings is 1. The predicted octanol–water partition coefficient (Wildman–Crippen LogP) is 2.31. The molecule has 4 aromatic rings. The second-order valence-electron chi connectivity index (χ2n) is 9.93. The van der Waals surface area contributed by atoms with Crippen LogP contribution in [0.2, 0.25) is 0 Å². The van der Waals surface area contributed by atoms with Crippen molar-refractivity contribution >= 4 is 39.2 Å². The second-order valence-corrected chi connectivity index (χ2v) is 9.93. The standard InChI is InChI=1S/C27H31N7O3/c1-33-8-10-34(11-9-33)17-5-7-21-22(14-17)31-25(30-21)23-24(28)19-13-16(4-6-20(19)32-27(23)36)26(35)29-15-18-3-2-12-37-18/h4-7,13-14,18H,2-3,8-12,15H2,1H3,(H,29,35)(H,30,31)(H3,28,32,36). The number of likely N-dealkylation sites (N-methyl/N-ethyl adjacent to an activating group) is 1. The van der Waals surface area contributed by atoms with Crippen LogP contribution in [0.3, 0.4) is 0 Å². The lowest BCUT2D eigenvalue weighted by Gasteiger charge is -2.34. The van der Waals surface area contributed by atoms with Gasteiger partial charge < -0.3 is 35.6 Å². The summed E-state index contributed by atoms with van der Waals surface area (Å²) >= 11 is 0. The maximum Gasteiger partial charge on any atom is 0.261 e. The summed E-state index contributed by atoms with van der Waals surface area (Å²) in [5.41, 5.74) is 10.5. The molecule has 0 saturated carbocycles. The Morgan fingerprint density at radius 3 is 2.73 bits per heavy atom. The lowest BCUT2D eigenvalue weighted by atomic mass is 10.1. The average molecular weight is 502 g/mol. The number of nitrogen functional groups attached to an aromatic ring is 1. The Kier molecular flexibility index (Phi) is 6.05. The van der Waals surface area contributed by atoms with Crippen LogP contribution >= 0.6 is 0 Å². The molecule has 2 fully saturated rings. The van der Waals surface area contributed by atoms with Crippen molar-refractivity contribution in [1.29, 1.82) is 0 Å². The molecule has 2 aromatic carbocycles. The first-order valence-electron chi connectivity index (χ1n) is 12.8. The average Bonchev–Trinajstić information content (AvgIpc) is 3.57. The number of nitrogens with two attached hydrogens (primary N) is 1. The van der Waals surface area contributed by atoms with E-state index in [4.69, 9.17) is 15.5 Å². The maximum absolute atomic E-state index is 13.0. The van der Waals surface area contributed by atoms with Gasteiger partial charge in [-0.25, -0.2) is 4.98 Å². The van der Waals surface area contributed by atoms with Crippen molar-refractivity contribution in [3.8, 4) is 11.4 Å². The van der Waals surface area contributed by atoms with E-state index in [-0.39, 0.29) is 28.8 Å². The normalized spacial score (nSPS) is 18.6. The summed E-state index contributed by atoms with van der Waals surface area (Å²) in [4.78, 5) is 41.3. The predicted molar refractivity (Wildman–Crippen MR) is 145 cm³/mol. The summed E-state index contributed by atoms with van der Waals surface area (Å²) in [7, 11) is 2.13. The van der Waals surface area contributed by atoms with Gasteiger partial charge in [0.1, 0.15) is 11.4 Å². The Bertz CT molecular complexity index is 1530. The molecular weight excluding hydrogens is 470 g/mol. The largest absolute Gasteiger partial charge is 0.397 e. The Hall–Kier alpha value is -3.89. The van der Waals surface area contributed by atoms with Crippen LogP contribution < -0.4 is 21.5 Å². The number of carbonyl (C=O) groups excluding carboxylic acids is 1. The number of aromatic nitrogens is 3. The molecule has 2 aliphatic rings. The first-order chi connectivity index (χ1) is 18.0. The molecular formula is C27H31N7O3. The molecule has 10 heteroatoms. The highest BCUT2D eigenvalue weighted by molar-refractivity contribution is 6.03. The number of hydrogen-bond acceptors (Lipinski definition) is 7. The molecule has 0 aliphatic carbocycles. The van der Waals surface area contributed by atoms with Crippen molar-refractivity contribution in [1.82, 2.24) is 25.2 Å². The van der Waals surface area contributed by atoms with Gasteiger partial charge >= 0.3 is 0 Å². The fourth-order valence-electron chi connectivity index (χ4n) is 5.18. The van der Waals surface area contributed by atoms with E-state index >= 15 is 0 Å². The highest BCUT2D eigenvalue weighted by Gasteiger charge is 2.20. The van der Waals surface area contributed by atoms with Crippen molar-refractivity contribution in [3.63, 3.8) is 0 Å². The van der Waals surface area contributed by atoms with E-state index in [1.165, 1.54) is 0 Å². The van der Waals surface area contributed by atoms with Crippen LogP contribution in [0, 0.1) is 0 Å². The number of benzene rings is 2. The van der Waals surface area contributed by atoms with E-state index < -0.39 is 0 Å². The summed E-state index contributed by atoms with van der Waals surface area (Å²) in [5.74, 6) is 0.198. The zero-order valence-electron chi connectivity index (χ0n) is 20.8. The molecule has 0 radical (unpaired) electrons. The van der Waals surface area contributed by atoms with E-state index in [2.05, 4.69) is 38.2 Å². The maximum atomic E-state index is 13.0. The third kappa shape index (κ3) is 4.54. The van der Waals surface area contributed by atoms with Gasteiger partial charge in [0.2, 0.25) is 0 Å². The van der Waals surface area contributed by atoms with Gasteiger partial charge in [-0.05, 0) is 56.3 Å². The van der Waals surface area contributed by atoms with Crippen molar-refractivity contribution in [2.75, 3.05) is 57.0 Å². The Morgan fingerprint density at radius 2 is 1.95 bits per heavy atom. The minimum absolute atomic E-state index is 0.0577. The summed E-state index contributed by atoms with van der Waals surface area (Å²) < 4.78 is 5.59. The third-order valence-electron chi connectivity index (χ3n) is 7.40. The zero-order chi connectivity index (χ0) is 25.5. The molecule has 4 heterocycles. The number of carbonyl (C=O) groups is 1. The number of nitrogens with zero attached hydrogens (tertiary/aromatic N) is 3. The van der Waals surface area contributed by atoms with Gasteiger partial charge in [-0.1, -0.05) is 0 Å². The van der Waals surface area contributed by atoms with E-state index in [9.17, 15) is 9.59 Å². The van der Waals surface area contributed by atoms with Gasteiger partial charge in [0.15, 0.2) is 0 Å². The van der Waals surface area contributed by atoms with Crippen LogP contribution in [-0.4, -0.2) is 78.2 Å². The minimum Gasteiger partial charge on any atom is -0.397 e. The van der Waals surface area contributed by atoms with Crippen LogP contribution in [0.5, 0.6) is 0 Å². The molecule has 6 rings (SSSR count). The SMILES string of the molecule is CN1CCN(c2ccc3[nH]c(-c4c(N)c5cc(C(=O)NCC6CCCO6)ccc5[nH]c4=O)nc3c2)CC1. The molecule has 37 heavy (non-hydrogen) atoms.